The van der Waals surface area contributed by atoms with E-state index < -0.39 is 11.5 Å². The largest absolute Gasteiger partial charge is 0.491 e. The Hall–Kier alpha value is -3.33. The molecule has 2 aliphatic rings. The maximum absolute atomic E-state index is 12.9. The Labute approximate surface area is 191 Å². The summed E-state index contributed by atoms with van der Waals surface area (Å²) in [7, 11) is 0. The molecule has 0 saturated heterocycles. The smallest absolute Gasteiger partial charge is 0.312 e. The number of benzene rings is 1. The van der Waals surface area contributed by atoms with Crippen LogP contribution in [0.15, 0.2) is 36.5 Å². The minimum atomic E-state index is -0.602. The molecule has 5 rings (SSSR count). The number of fused-ring (bicyclic) bond motifs is 1. The lowest BCUT2D eigenvalue weighted by atomic mass is 9.84. The topological polar surface area (TPSA) is 127 Å². The fraction of sp³-hybridized carbons (Fsp3) is 0.458. The molecule has 0 radical (unpaired) electrons. The van der Waals surface area contributed by atoms with Gasteiger partial charge in [0.2, 0.25) is 5.69 Å². The van der Waals surface area contributed by atoms with Gasteiger partial charge in [-0.2, -0.15) is 5.10 Å². The lowest BCUT2D eigenvalue weighted by Gasteiger charge is -2.33. The SMILES string of the molecule is CC1(O)CCC(n2cc3cc(NC(=O)c4cccc(N)[n+]4O)c(OCC4CC4)cc3n2)CC1. The minimum Gasteiger partial charge on any atom is -0.491 e. The first-order valence-corrected chi connectivity index (χ1v) is 11.5. The van der Waals surface area contributed by atoms with Crippen LogP contribution in [-0.4, -0.2) is 38.2 Å². The van der Waals surface area contributed by atoms with Crippen molar-refractivity contribution in [1.29, 1.82) is 0 Å². The normalized spacial score (nSPS) is 22.9. The monoisotopic (exact) mass is 452 g/mol. The van der Waals surface area contributed by atoms with E-state index in [0.29, 0.717) is 28.7 Å². The van der Waals surface area contributed by atoms with Crippen molar-refractivity contribution < 1.29 is 24.6 Å². The first-order chi connectivity index (χ1) is 15.8. The van der Waals surface area contributed by atoms with E-state index in [2.05, 4.69) is 5.32 Å². The van der Waals surface area contributed by atoms with Gasteiger partial charge < -0.3 is 20.4 Å². The Kier molecular flexibility index (Phi) is 5.36. The minimum absolute atomic E-state index is 0.0215. The van der Waals surface area contributed by atoms with Gasteiger partial charge >= 0.3 is 5.82 Å². The van der Waals surface area contributed by atoms with Gasteiger partial charge in [-0.05, 0) is 74.3 Å². The number of carbonyl (C=O) groups is 1. The van der Waals surface area contributed by atoms with E-state index in [1.807, 2.05) is 29.9 Å². The van der Waals surface area contributed by atoms with Crippen molar-refractivity contribution in [2.24, 2.45) is 5.92 Å². The van der Waals surface area contributed by atoms with E-state index in [4.69, 9.17) is 15.6 Å². The standard InChI is InChI=1S/C24H29N5O4/c1-24(31)9-7-17(8-10-24)28-13-16-11-19(21(12-18(16)27-28)33-14-15-5-6-15)26-23(30)20-3-2-4-22(25)29(20)32/h2-4,11-13,15,17,25,31-32H,5-10,14H2,1H3,(H,26,30)/p+1. The molecular weight excluding hydrogens is 422 g/mol. The molecule has 0 atom stereocenters. The third kappa shape index (κ3) is 4.59. The number of nitrogens with zero attached hydrogens (tertiary/aromatic N) is 3. The van der Waals surface area contributed by atoms with E-state index in [1.165, 1.54) is 12.1 Å². The van der Waals surface area contributed by atoms with Crippen LogP contribution in [-0.2, 0) is 0 Å². The first kappa shape index (κ1) is 21.5. The molecular formula is C24H30N5O4+. The van der Waals surface area contributed by atoms with E-state index >= 15 is 0 Å². The van der Waals surface area contributed by atoms with Crippen molar-refractivity contribution in [2.75, 3.05) is 17.7 Å². The highest BCUT2D eigenvalue weighted by Gasteiger charge is 2.30. The van der Waals surface area contributed by atoms with Crippen LogP contribution in [0, 0.1) is 5.92 Å². The van der Waals surface area contributed by atoms with Crippen LogP contribution in [0.25, 0.3) is 10.9 Å². The number of nitrogen functional groups attached to an aromatic ring is 1. The molecule has 2 fully saturated rings. The molecule has 0 aliphatic heterocycles. The van der Waals surface area contributed by atoms with E-state index in [9.17, 15) is 15.1 Å². The average molecular weight is 453 g/mol. The molecule has 0 bridgehead atoms. The first-order valence-electron chi connectivity index (χ1n) is 11.5. The number of ether oxygens (including phenoxy) is 1. The van der Waals surface area contributed by atoms with E-state index in [1.54, 1.807) is 6.07 Å². The number of anilines is 2. The molecule has 2 heterocycles. The molecule has 9 nitrogen and oxygen atoms in total. The summed E-state index contributed by atoms with van der Waals surface area (Å²) in [6.07, 6.45) is 7.49. The number of amides is 1. The fourth-order valence-corrected chi connectivity index (χ4v) is 4.33. The number of hydrogen-bond acceptors (Lipinski definition) is 6. The van der Waals surface area contributed by atoms with Crippen LogP contribution in [0.4, 0.5) is 11.5 Å². The van der Waals surface area contributed by atoms with E-state index in [-0.39, 0.29) is 17.6 Å². The molecule has 2 saturated carbocycles. The molecule has 0 spiro atoms. The third-order valence-corrected chi connectivity index (χ3v) is 6.68. The highest BCUT2D eigenvalue weighted by atomic mass is 16.5. The van der Waals surface area contributed by atoms with Crippen molar-refractivity contribution in [2.45, 2.75) is 57.1 Å². The number of nitrogens with one attached hydrogen (secondary N) is 1. The Morgan fingerprint density at radius 3 is 2.79 bits per heavy atom. The molecule has 1 amide bonds. The number of hydrogen-bond donors (Lipinski definition) is 4. The summed E-state index contributed by atoms with van der Waals surface area (Å²) in [4.78, 5) is 12.9. The Morgan fingerprint density at radius 1 is 1.30 bits per heavy atom. The predicted octanol–water partition coefficient (Wildman–Crippen LogP) is 3.05. The molecule has 33 heavy (non-hydrogen) atoms. The third-order valence-electron chi connectivity index (χ3n) is 6.68. The maximum atomic E-state index is 12.9. The van der Waals surface area contributed by atoms with Gasteiger partial charge in [-0.1, -0.05) is 0 Å². The van der Waals surface area contributed by atoms with E-state index in [0.717, 1.165) is 49.4 Å². The summed E-state index contributed by atoms with van der Waals surface area (Å²) >= 11 is 0. The molecule has 9 heteroatoms. The highest BCUT2D eigenvalue weighted by Crippen LogP contribution is 2.37. The number of carbonyl (C=O) groups excluding carboxylic acids is 1. The molecule has 0 unspecified atom stereocenters. The zero-order valence-electron chi connectivity index (χ0n) is 18.7. The maximum Gasteiger partial charge on any atom is 0.312 e. The van der Waals surface area contributed by atoms with Gasteiger partial charge in [0.05, 0.1) is 29.5 Å². The summed E-state index contributed by atoms with van der Waals surface area (Å²) < 4.78 is 8.68. The van der Waals surface area contributed by atoms with Gasteiger partial charge in [0, 0.05) is 23.7 Å². The lowest BCUT2D eigenvalue weighted by molar-refractivity contribution is -0.894. The van der Waals surface area contributed by atoms with Crippen LogP contribution in [0.3, 0.4) is 0 Å². The van der Waals surface area contributed by atoms with Gasteiger partial charge in [0.15, 0.2) is 0 Å². The zero-order chi connectivity index (χ0) is 23.2. The number of aromatic nitrogens is 3. The second-order valence-electron chi connectivity index (χ2n) is 9.60. The summed E-state index contributed by atoms with van der Waals surface area (Å²) in [5, 5.41) is 28.9. The molecule has 3 aromatic rings. The summed E-state index contributed by atoms with van der Waals surface area (Å²) in [6.45, 7) is 2.47. The van der Waals surface area contributed by atoms with Crippen molar-refractivity contribution in [3.8, 4) is 5.75 Å². The second-order valence-corrected chi connectivity index (χ2v) is 9.60. The van der Waals surface area contributed by atoms with Crippen LogP contribution >= 0.6 is 0 Å². The highest BCUT2D eigenvalue weighted by molar-refractivity contribution is 6.04. The van der Waals surface area contributed by atoms with Crippen LogP contribution in [0.5, 0.6) is 5.75 Å². The predicted molar refractivity (Wildman–Crippen MR) is 122 cm³/mol. The number of nitrogens with two attached hydrogens (primary N) is 1. The Balaban J connectivity index is 1.44. The van der Waals surface area contributed by atoms with Crippen molar-refractivity contribution in [1.82, 2.24) is 9.78 Å². The van der Waals surface area contributed by atoms with Gasteiger partial charge in [0.25, 0.3) is 5.91 Å². The number of aliphatic hydroxyl groups is 1. The summed E-state index contributed by atoms with van der Waals surface area (Å²) in [5.41, 5.74) is 6.44. The number of rotatable bonds is 6. The summed E-state index contributed by atoms with van der Waals surface area (Å²) in [5.74, 6) is 0.664. The molecule has 2 aromatic heterocycles. The lowest BCUT2D eigenvalue weighted by Crippen LogP contribution is -2.42. The molecule has 1 aromatic carbocycles. The molecule has 174 valence electrons. The fourth-order valence-electron chi connectivity index (χ4n) is 4.33. The van der Waals surface area contributed by atoms with Crippen LogP contribution in [0.2, 0.25) is 0 Å². The van der Waals surface area contributed by atoms with Crippen molar-refractivity contribution >= 4 is 28.3 Å². The van der Waals surface area contributed by atoms with Crippen LogP contribution in [0.1, 0.15) is 62.0 Å². The quantitative estimate of drug-likeness (QED) is 0.336. The Morgan fingerprint density at radius 2 is 2.06 bits per heavy atom. The van der Waals surface area contributed by atoms with Crippen LogP contribution < -0.4 is 20.5 Å². The number of pyridine rings is 1. The van der Waals surface area contributed by atoms with Gasteiger partial charge in [-0.15, -0.1) is 0 Å². The van der Waals surface area contributed by atoms with Gasteiger partial charge in [-0.25, -0.2) is 0 Å². The van der Waals surface area contributed by atoms with Gasteiger partial charge in [0.1, 0.15) is 5.75 Å². The second kappa shape index (κ2) is 8.22. The summed E-state index contributed by atoms with van der Waals surface area (Å²) in [6, 6.07) is 8.54. The van der Waals surface area contributed by atoms with Gasteiger partial charge in [-0.3, -0.25) is 15.2 Å². The molecule has 2 aliphatic carbocycles. The van der Waals surface area contributed by atoms with Crippen molar-refractivity contribution in [3.63, 3.8) is 0 Å². The average Bonchev–Trinajstić information content (AvgIpc) is 3.52. The molecule has 5 N–H and O–H groups in total. The zero-order valence-corrected chi connectivity index (χ0v) is 18.7. The van der Waals surface area contributed by atoms with Crippen molar-refractivity contribution in [3.05, 3.63) is 42.2 Å². The Bertz CT molecular complexity index is 1190.